The summed E-state index contributed by atoms with van der Waals surface area (Å²) in [5.74, 6) is 0. The van der Waals surface area contributed by atoms with Gasteiger partial charge in [-0.2, -0.15) is 10.2 Å². The van der Waals surface area contributed by atoms with E-state index in [1.165, 1.54) is 21.9 Å². The highest BCUT2D eigenvalue weighted by molar-refractivity contribution is 5.90. The van der Waals surface area contributed by atoms with Gasteiger partial charge >= 0.3 is 0 Å². The van der Waals surface area contributed by atoms with E-state index < -0.39 is 0 Å². The number of fused-ring (bicyclic) bond motifs is 1. The summed E-state index contributed by atoms with van der Waals surface area (Å²) in [6.45, 7) is 5.07. The zero-order valence-corrected chi connectivity index (χ0v) is 18.7. The van der Waals surface area contributed by atoms with Gasteiger partial charge in [-0.15, -0.1) is 0 Å². The summed E-state index contributed by atoms with van der Waals surface area (Å²) < 4.78 is 3.93. The summed E-state index contributed by atoms with van der Waals surface area (Å²) in [7, 11) is 1.97. The van der Waals surface area contributed by atoms with E-state index in [1.807, 2.05) is 24.0 Å². The zero-order chi connectivity index (χ0) is 22.1. The minimum absolute atomic E-state index is 0.155. The van der Waals surface area contributed by atoms with Gasteiger partial charge in [-0.25, -0.2) is 4.68 Å². The van der Waals surface area contributed by atoms with Gasteiger partial charge in [0.25, 0.3) is 0 Å². The number of aryl methyl sites for hydroxylation is 1. The molecule has 0 aliphatic heterocycles. The van der Waals surface area contributed by atoms with Crippen LogP contribution in [0.25, 0.3) is 27.7 Å². The largest absolute Gasteiger partial charge is 0.306 e. The molecule has 0 aliphatic rings. The molecule has 5 heteroatoms. The molecule has 0 bridgehead atoms. The van der Waals surface area contributed by atoms with E-state index in [-0.39, 0.29) is 6.04 Å². The third-order valence-corrected chi connectivity index (χ3v) is 6.06. The van der Waals surface area contributed by atoms with Crippen molar-refractivity contribution in [2.24, 2.45) is 7.05 Å². The molecule has 5 nitrogen and oxygen atoms in total. The lowest BCUT2D eigenvalue weighted by Crippen LogP contribution is -2.19. The molecule has 3 aromatic carbocycles. The molecule has 0 fully saturated rings. The lowest BCUT2D eigenvalue weighted by Gasteiger charge is -2.15. The second kappa shape index (κ2) is 8.44. The van der Waals surface area contributed by atoms with Gasteiger partial charge in [0, 0.05) is 53.6 Å². The second-order valence-corrected chi connectivity index (χ2v) is 8.24. The maximum atomic E-state index is 4.74. The molecule has 2 aromatic heterocycles. The van der Waals surface area contributed by atoms with Gasteiger partial charge in [-0.05, 0) is 25.3 Å². The van der Waals surface area contributed by atoms with E-state index in [0.717, 1.165) is 29.2 Å². The first kappa shape index (κ1) is 20.2. The Hall–Kier alpha value is -3.70. The van der Waals surface area contributed by atoms with E-state index >= 15 is 0 Å². The van der Waals surface area contributed by atoms with Crippen LogP contribution in [0.2, 0.25) is 0 Å². The predicted molar refractivity (Wildman–Crippen MR) is 130 cm³/mol. The molecule has 1 N–H and O–H groups in total. The highest BCUT2D eigenvalue weighted by Crippen LogP contribution is 2.27. The number of aromatic nitrogens is 4. The van der Waals surface area contributed by atoms with E-state index in [4.69, 9.17) is 5.10 Å². The quantitative estimate of drug-likeness (QED) is 0.389. The molecule has 5 aromatic rings. The van der Waals surface area contributed by atoms with Gasteiger partial charge < -0.3 is 5.32 Å². The van der Waals surface area contributed by atoms with Crippen molar-refractivity contribution < 1.29 is 0 Å². The van der Waals surface area contributed by atoms with Gasteiger partial charge in [0.15, 0.2) is 0 Å². The van der Waals surface area contributed by atoms with Crippen LogP contribution >= 0.6 is 0 Å². The van der Waals surface area contributed by atoms with Gasteiger partial charge in [-0.3, -0.25) is 4.68 Å². The summed E-state index contributed by atoms with van der Waals surface area (Å²) in [4.78, 5) is 0. The van der Waals surface area contributed by atoms with Crippen LogP contribution in [0, 0.1) is 6.92 Å². The Labute approximate surface area is 188 Å². The molecular weight excluding hydrogens is 394 g/mol. The monoisotopic (exact) mass is 421 g/mol. The summed E-state index contributed by atoms with van der Waals surface area (Å²) in [6.07, 6.45) is 4.07. The smallest absolute Gasteiger partial charge is 0.0967 e. The SMILES string of the molecule is Cc1c(C(C)NCc2cn(C)nc2-c2ccccc2)cnn1-c1cccc2ccccc12. The van der Waals surface area contributed by atoms with E-state index in [9.17, 15) is 0 Å². The van der Waals surface area contributed by atoms with Crippen molar-refractivity contribution in [1.29, 1.82) is 0 Å². The second-order valence-electron chi connectivity index (χ2n) is 8.24. The number of nitrogens with zero attached hydrogens (tertiary/aromatic N) is 4. The van der Waals surface area contributed by atoms with Crippen molar-refractivity contribution >= 4 is 10.8 Å². The Balaban J connectivity index is 1.39. The molecule has 0 saturated heterocycles. The molecule has 1 unspecified atom stereocenters. The standard InChI is InChI=1S/C27H27N5/c1-19(28-16-23-18-31(3)30-27(23)22-11-5-4-6-12-22)25-17-29-32(20(25)2)26-15-9-13-21-10-7-8-14-24(21)26/h4-15,17-19,28H,16H2,1-3H3. The molecule has 0 radical (unpaired) electrons. The molecule has 0 aliphatic carbocycles. The molecule has 0 saturated carbocycles. The van der Waals surface area contributed by atoms with Crippen molar-refractivity contribution in [3.8, 4) is 16.9 Å². The fourth-order valence-electron chi connectivity index (χ4n) is 4.36. The first-order chi connectivity index (χ1) is 15.6. The molecule has 1 atom stereocenters. The maximum absolute atomic E-state index is 4.74. The number of hydrogen-bond acceptors (Lipinski definition) is 3. The Morgan fingerprint density at radius 1 is 0.938 bits per heavy atom. The summed E-state index contributed by atoms with van der Waals surface area (Å²) in [5, 5.41) is 15.5. The van der Waals surface area contributed by atoms with Crippen molar-refractivity contribution in [3.05, 3.63) is 102 Å². The molecule has 2 heterocycles. The summed E-state index contributed by atoms with van der Waals surface area (Å²) in [6, 6.07) is 25.3. The van der Waals surface area contributed by atoms with Crippen molar-refractivity contribution in [2.45, 2.75) is 26.4 Å². The minimum Gasteiger partial charge on any atom is -0.306 e. The Kier molecular flexibility index (Phi) is 5.33. The normalized spacial score (nSPS) is 12.3. The third-order valence-electron chi connectivity index (χ3n) is 6.06. The van der Waals surface area contributed by atoms with E-state index in [0.29, 0.717) is 0 Å². The zero-order valence-electron chi connectivity index (χ0n) is 18.7. The highest BCUT2D eigenvalue weighted by Gasteiger charge is 2.17. The molecule has 0 amide bonds. The number of hydrogen-bond donors (Lipinski definition) is 1. The van der Waals surface area contributed by atoms with Crippen LogP contribution in [-0.4, -0.2) is 19.6 Å². The molecular formula is C27H27N5. The van der Waals surface area contributed by atoms with Crippen LogP contribution in [0.5, 0.6) is 0 Å². The van der Waals surface area contributed by atoms with Crippen LogP contribution in [-0.2, 0) is 13.6 Å². The fourth-order valence-corrected chi connectivity index (χ4v) is 4.36. The number of rotatable bonds is 6. The van der Waals surface area contributed by atoms with Gasteiger partial charge in [0.05, 0.1) is 17.6 Å². The lowest BCUT2D eigenvalue weighted by molar-refractivity contribution is 0.572. The molecule has 32 heavy (non-hydrogen) atoms. The van der Waals surface area contributed by atoms with Gasteiger partial charge in [-0.1, -0.05) is 66.7 Å². The summed E-state index contributed by atoms with van der Waals surface area (Å²) >= 11 is 0. The number of benzene rings is 3. The lowest BCUT2D eigenvalue weighted by atomic mass is 10.1. The van der Waals surface area contributed by atoms with Crippen LogP contribution in [0.15, 0.2) is 85.2 Å². The summed E-state index contributed by atoms with van der Waals surface area (Å²) in [5.41, 5.74) is 6.80. The van der Waals surface area contributed by atoms with Crippen LogP contribution in [0.3, 0.4) is 0 Å². The van der Waals surface area contributed by atoms with Crippen LogP contribution in [0.1, 0.15) is 29.8 Å². The third kappa shape index (κ3) is 3.72. The first-order valence-corrected chi connectivity index (χ1v) is 11.0. The van der Waals surface area contributed by atoms with Crippen LogP contribution < -0.4 is 5.32 Å². The van der Waals surface area contributed by atoms with Crippen molar-refractivity contribution in [3.63, 3.8) is 0 Å². The van der Waals surface area contributed by atoms with Gasteiger partial charge in [0.2, 0.25) is 0 Å². The molecule has 160 valence electrons. The minimum atomic E-state index is 0.155. The van der Waals surface area contributed by atoms with Crippen LogP contribution in [0.4, 0.5) is 0 Å². The average molecular weight is 422 g/mol. The van der Waals surface area contributed by atoms with E-state index in [2.05, 4.69) is 102 Å². The first-order valence-electron chi connectivity index (χ1n) is 11.0. The van der Waals surface area contributed by atoms with Gasteiger partial charge in [0.1, 0.15) is 0 Å². The van der Waals surface area contributed by atoms with E-state index in [1.54, 1.807) is 0 Å². The highest BCUT2D eigenvalue weighted by atomic mass is 15.3. The number of nitrogens with one attached hydrogen (secondary N) is 1. The Bertz CT molecular complexity index is 1360. The average Bonchev–Trinajstić information content (AvgIpc) is 3.40. The van der Waals surface area contributed by atoms with Crippen molar-refractivity contribution in [1.82, 2.24) is 24.9 Å². The van der Waals surface area contributed by atoms with Crippen molar-refractivity contribution in [2.75, 3.05) is 0 Å². The Morgan fingerprint density at radius 3 is 2.53 bits per heavy atom. The topological polar surface area (TPSA) is 47.7 Å². The predicted octanol–water partition coefficient (Wildman–Crippen LogP) is 5.59. The maximum Gasteiger partial charge on any atom is 0.0967 e. The fraction of sp³-hybridized carbons (Fsp3) is 0.185. The molecule has 0 spiro atoms. The Morgan fingerprint density at radius 2 is 1.69 bits per heavy atom. The molecule has 5 rings (SSSR count).